The summed E-state index contributed by atoms with van der Waals surface area (Å²) in [7, 11) is 1.39. The molecule has 0 saturated carbocycles. The van der Waals surface area contributed by atoms with Gasteiger partial charge in [0.25, 0.3) is 0 Å². The van der Waals surface area contributed by atoms with Crippen molar-refractivity contribution < 1.29 is 14.3 Å². The molecular weight excluding hydrogens is 502 g/mol. The van der Waals surface area contributed by atoms with E-state index in [1.165, 1.54) is 35.1 Å². The molecule has 0 bridgehead atoms. The van der Waals surface area contributed by atoms with Crippen molar-refractivity contribution in [3.63, 3.8) is 0 Å². The molecule has 2 N–H and O–H groups in total. The quantitative estimate of drug-likeness (QED) is 0.192. The van der Waals surface area contributed by atoms with Crippen LogP contribution in [0.4, 0.5) is 5.00 Å². The zero-order chi connectivity index (χ0) is 25.8. The van der Waals surface area contributed by atoms with Gasteiger partial charge in [0.05, 0.1) is 24.1 Å². The monoisotopic (exact) mass is 531 g/mol. The average Bonchev–Trinajstić information content (AvgIpc) is 3.50. The fourth-order valence-electron chi connectivity index (χ4n) is 4.62. The number of nitrogens with one attached hydrogen (secondary N) is 2. The van der Waals surface area contributed by atoms with Crippen molar-refractivity contribution in [2.24, 2.45) is 5.92 Å². The van der Waals surface area contributed by atoms with Crippen molar-refractivity contribution in [2.75, 3.05) is 18.2 Å². The second-order valence-electron chi connectivity index (χ2n) is 9.19. The summed E-state index contributed by atoms with van der Waals surface area (Å²) in [5.74, 6) is 0.625. The summed E-state index contributed by atoms with van der Waals surface area (Å²) in [5.41, 5.74) is 5.51. The molecule has 4 aromatic rings. The van der Waals surface area contributed by atoms with Gasteiger partial charge in [0.2, 0.25) is 5.91 Å². The predicted molar refractivity (Wildman–Crippen MR) is 150 cm³/mol. The Hall–Kier alpha value is -3.36. The third-order valence-corrected chi connectivity index (χ3v) is 8.56. The van der Waals surface area contributed by atoms with E-state index in [1.54, 1.807) is 0 Å². The van der Waals surface area contributed by atoms with Gasteiger partial charge in [-0.15, -0.1) is 11.3 Å². The third-order valence-electron chi connectivity index (χ3n) is 6.51. The van der Waals surface area contributed by atoms with Crippen LogP contribution in [-0.2, 0) is 22.4 Å². The van der Waals surface area contributed by atoms with E-state index >= 15 is 0 Å². The first-order valence-electron chi connectivity index (χ1n) is 12.4. The number of H-pyrrole nitrogens is 1. The van der Waals surface area contributed by atoms with E-state index in [2.05, 4.69) is 29.4 Å². The number of rotatable bonds is 8. The standard InChI is InChI=1S/C29H29N3O3S2/c1-18-13-14-21-22(17-18)37-27(24(21)28(34)35-2)30-23(33)15-16-36-29-31-25(19-9-5-3-6-10-19)26(32-29)20-11-7-4-8-12-20/h3-12,18H,13-17H2,1-2H3,(H,30,33)(H,31,32). The molecule has 2 aromatic heterocycles. The topological polar surface area (TPSA) is 84.1 Å². The molecule has 1 amide bonds. The second-order valence-corrected chi connectivity index (χ2v) is 11.4. The van der Waals surface area contributed by atoms with Gasteiger partial charge >= 0.3 is 5.97 Å². The Labute approximate surface area is 224 Å². The zero-order valence-electron chi connectivity index (χ0n) is 20.9. The number of amides is 1. The zero-order valence-corrected chi connectivity index (χ0v) is 22.5. The number of aromatic nitrogens is 2. The van der Waals surface area contributed by atoms with Gasteiger partial charge in [0.1, 0.15) is 5.00 Å². The molecule has 0 radical (unpaired) electrons. The smallest absolute Gasteiger partial charge is 0.341 e. The summed E-state index contributed by atoms with van der Waals surface area (Å²) in [6.45, 7) is 2.22. The number of ether oxygens (including phenoxy) is 1. The Morgan fingerprint density at radius 3 is 2.51 bits per heavy atom. The Balaban J connectivity index is 1.28. The summed E-state index contributed by atoms with van der Waals surface area (Å²) in [5, 5.41) is 4.36. The van der Waals surface area contributed by atoms with Crippen LogP contribution in [0.3, 0.4) is 0 Å². The number of hydrogen-bond donors (Lipinski definition) is 2. The Morgan fingerprint density at radius 2 is 1.81 bits per heavy atom. The number of imidazole rings is 1. The molecule has 0 aliphatic heterocycles. The number of aromatic amines is 1. The van der Waals surface area contributed by atoms with Gasteiger partial charge in [-0.2, -0.15) is 0 Å². The summed E-state index contributed by atoms with van der Waals surface area (Å²) in [6.07, 6.45) is 3.11. The Morgan fingerprint density at radius 1 is 1.11 bits per heavy atom. The molecule has 190 valence electrons. The van der Waals surface area contributed by atoms with Gasteiger partial charge in [0, 0.05) is 28.2 Å². The molecule has 0 fully saturated rings. The lowest BCUT2D eigenvalue weighted by molar-refractivity contribution is -0.115. The summed E-state index contributed by atoms with van der Waals surface area (Å²) in [6, 6.07) is 20.2. The SMILES string of the molecule is COC(=O)c1c(NC(=O)CCSc2nc(-c3ccccc3)c(-c3ccccc3)[nH]2)sc2c1CCC(C)C2. The van der Waals surface area contributed by atoms with Crippen molar-refractivity contribution in [1.82, 2.24) is 9.97 Å². The Bertz CT molecular complexity index is 1340. The van der Waals surface area contributed by atoms with Crippen LogP contribution in [0.15, 0.2) is 65.8 Å². The molecule has 2 aromatic carbocycles. The van der Waals surface area contributed by atoms with Crippen molar-refractivity contribution in [3.8, 4) is 22.5 Å². The van der Waals surface area contributed by atoms with Crippen molar-refractivity contribution >= 4 is 40.0 Å². The highest BCUT2D eigenvalue weighted by Gasteiger charge is 2.28. The minimum Gasteiger partial charge on any atom is -0.465 e. The van der Waals surface area contributed by atoms with Crippen LogP contribution >= 0.6 is 23.1 Å². The lowest BCUT2D eigenvalue weighted by atomic mass is 9.88. The molecule has 37 heavy (non-hydrogen) atoms. The van der Waals surface area contributed by atoms with Crippen molar-refractivity contribution in [2.45, 2.75) is 37.8 Å². The fourth-order valence-corrected chi connectivity index (χ4v) is 6.85. The largest absolute Gasteiger partial charge is 0.465 e. The number of anilines is 1. The fraction of sp³-hybridized carbons (Fsp3) is 0.276. The van der Waals surface area contributed by atoms with E-state index in [-0.39, 0.29) is 11.9 Å². The number of benzene rings is 2. The number of hydrogen-bond acceptors (Lipinski definition) is 6. The van der Waals surface area contributed by atoms with Gasteiger partial charge in [-0.25, -0.2) is 9.78 Å². The number of carbonyl (C=O) groups is 2. The highest BCUT2D eigenvalue weighted by Crippen LogP contribution is 2.40. The molecule has 1 atom stereocenters. The molecule has 2 heterocycles. The highest BCUT2D eigenvalue weighted by molar-refractivity contribution is 7.99. The van der Waals surface area contributed by atoms with Gasteiger partial charge in [-0.1, -0.05) is 79.3 Å². The maximum Gasteiger partial charge on any atom is 0.341 e. The molecule has 1 aliphatic carbocycles. The summed E-state index contributed by atoms with van der Waals surface area (Å²) < 4.78 is 5.04. The van der Waals surface area contributed by atoms with Crippen LogP contribution in [0, 0.1) is 5.92 Å². The van der Waals surface area contributed by atoms with E-state index < -0.39 is 0 Å². The normalized spacial score (nSPS) is 14.7. The number of carbonyl (C=O) groups excluding carboxylic acids is 2. The Kier molecular flexibility index (Phi) is 7.76. The molecule has 5 rings (SSSR count). The molecule has 1 unspecified atom stereocenters. The van der Waals surface area contributed by atoms with E-state index in [0.29, 0.717) is 28.7 Å². The number of nitrogens with zero attached hydrogens (tertiary/aromatic N) is 1. The number of esters is 1. The second kappa shape index (κ2) is 11.4. The number of thioether (sulfide) groups is 1. The number of thiophene rings is 1. The van der Waals surface area contributed by atoms with Crippen LogP contribution in [-0.4, -0.2) is 34.7 Å². The van der Waals surface area contributed by atoms with Gasteiger partial charge in [-0.3, -0.25) is 4.79 Å². The van der Waals surface area contributed by atoms with Crippen LogP contribution < -0.4 is 5.32 Å². The maximum atomic E-state index is 12.9. The lowest BCUT2D eigenvalue weighted by Crippen LogP contribution is -2.16. The maximum absolute atomic E-state index is 12.9. The lowest BCUT2D eigenvalue weighted by Gasteiger charge is -2.18. The first kappa shape index (κ1) is 25.3. The van der Waals surface area contributed by atoms with E-state index in [4.69, 9.17) is 9.72 Å². The molecule has 1 aliphatic rings. The van der Waals surface area contributed by atoms with Gasteiger partial charge in [0.15, 0.2) is 5.16 Å². The average molecular weight is 532 g/mol. The summed E-state index contributed by atoms with van der Waals surface area (Å²) in [4.78, 5) is 34.9. The molecule has 0 spiro atoms. The third kappa shape index (κ3) is 5.65. The van der Waals surface area contributed by atoms with Crippen molar-refractivity contribution in [3.05, 3.63) is 76.7 Å². The minimum atomic E-state index is -0.380. The summed E-state index contributed by atoms with van der Waals surface area (Å²) >= 11 is 3.02. The van der Waals surface area contributed by atoms with Crippen LogP contribution in [0.25, 0.3) is 22.5 Å². The van der Waals surface area contributed by atoms with Crippen LogP contribution in [0.2, 0.25) is 0 Å². The van der Waals surface area contributed by atoms with E-state index in [9.17, 15) is 9.59 Å². The van der Waals surface area contributed by atoms with E-state index in [0.717, 1.165) is 52.5 Å². The molecule has 0 saturated heterocycles. The van der Waals surface area contributed by atoms with Gasteiger partial charge < -0.3 is 15.0 Å². The molecule has 6 nitrogen and oxygen atoms in total. The predicted octanol–water partition coefficient (Wildman–Crippen LogP) is 6.84. The van der Waals surface area contributed by atoms with Crippen molar-refractivity contribution in [1.29, 1.82) is 0 Å². The number of methoxy groups -OCH3 is 1. The van der Waals surface area contributed by atoms with Crippen LogP contribution in [0.5, 0.6) is 0 Å². The van der Waals surface area contributed by atoms with E-state index in [1.807, 2.05) is 48.5 Å². The highest BCUT2D eigenvalue weighted by atomic mass is 32.2. The van der Waals surface area contributed by atoms with Crippen LogP contribution in [0.1, 0.15) is 40.6 Å². The molecule has 8 heteroatoms. The number of fused-ring (bicyclic) bond motifs is 1. The first-order valence-corrected chi connectivity index (χ1v) is 14.2. The first-order chi connectivity index (χ1) is 18.0. The van der Waals surface area contributed by atoms with Gasteiger partial charge in [-0.05, 0) is 30.7 Å². The minimum absolute atomic E-state index is 0.123. The molecular formula is C29H29N3O3S2.